The number of benzene rings is 4. The Balaban J connectivity index is 1.50. The van der Waals surface area contributed by atoms with Crippen LogP contribution in [0.4, 0.5) is 0 Å². The van der Waals surface area contributed by atoms with Gasteiger partial charge in [-0.05, 0) is 43.0 Å². The minimum absolute atomic E-state index is 0.0393. The summed E-state index contributed by atoms with van der Waals surface area (Å²) < 4.78 is 18.6. The fourth-order valence-electron chi connectivity index (χ4n) is 8.01. The summed E-state index contributed by atoms with van der Waals surface area (Å²) in [7, 11) is 0. The summed E-state index contributed by atoms with van der Waals surface area (Å²) >= 11 is 0. The molecule has 0 amide bonds. The molecule has 3 atom stereocenters. The fourth-order valence-corrected chi connectivity index (χ4v) is 8.01. The van der Waals surface area contributed by atoms with Crippen LogP contribution in [-0.2, 0) is 0 Å². The van der Waals surface area contributed by atoms with E-state index in [0.29, 0.717) is 12.0 Å². The van der Waals surface area contributed by atoms with Gasteiger partial charge in [0, 0.05) is 34.6 Å². The lowest BCUT2D eigenvalue weighted by Gasteiger charge is -2.58. The van der Waals surface area contributed by atoms with E-state index >= 15 is 0 Å². The van der Waals surface area contributed by atoms with Gasteiger partial charge in [-0.1, -0.05) is 38.5 Å². The van der Waals surface area contributed by atoms with Crippen molar-refractivity contribution in [1.82, 2.24) is 0 Å². The van der Waals surface area contributed by atoms with Crippen molar-refractivity contribution in [2.45, 2.75) is 46.1 Å². The third kappa shape index (κ3) is 3.64. The van der Waals surface area contributed by atoms with Crippen LogP contribution in [0.15, 0.2) is 72.5 Å². The number of para-hydroxylation sites is 1. The quantitative estimate of drug-likeness (QED) is 0.0608. The van der Waals surface area contributed by atoms with Gasteiger partial charge in [-0.2, -0.15) is 0 Å². The first-order chi connectivity index (χ1) is 22.6. The Kier molecular flexibility index (Phi) is 5.77. The third-order valence-electron chi connectivity index (χ3n) is 10.6. The molecule has 244 valence electrons. The molecule has 0 saturated heterocycles. The second-order valence-electron chi connectivity index (χ2n) is 13.7. The zero-order valence-corrected chi connectivity index (χ0v) is 26.2. The van der Waals surface area contributed by atoms with Crippen LogP contribution in [0.5, 0.6) is 40.2 Å². The van der Waals surface area contributed by atoms with E-state index in [1.807, 2.05) is 33.8 Å². The molecule has 0 bridgehead atoms. The molecule has 11 nitrogen and oxygen atoms in total. The molecule has 11 heteroatoms. The molecule has 2 aromatic heterocycles. The van der Waals surface area contributed by atoms with E-state index < -0.39 is 56.7 Å². The summed E-state index contributed by atoms with van der Waals surface area (Å²) in [5.74, 6) is -3.44. The van der Waals surface area contributed by atoms with Crippen molar-refractivity contribution in [3.8, 4) is 40.2 Å². The average Bonchev–Trinajstić information content (AvgIpc) is 3.01. The van der Waals surface area contributed by atoms with Gasteiger partial charge >= 0.3 is 0 Å². The van der Waals surface area contributed by atoms with E-state index in [1.54, 1.807) is 0 Å². The number of aromatic hydroxyl groups is 6. The first-order valence-electron chi connectivity index (χ1n) is 15.3. The molecule has 0 spiro atoms. The SMILES string of the molecule is CC1=C[C@@H]2c3c(cc4oc5c(O)cccc5c(=O)c4c3O)O[C@@H](c3cc(O)c(O)c4oc5cc(O)c(O)cc5c(=O)c34)[C@]2(C)C(C)(C)C1. The molecule has 0 fully saturated rings. The zero-order valence-electron chi connectivity index (χ0n) is 26.2. The smallest absolute Gasteiger partial charge is 0.204 e. The van der Waals surface area contributed by atoms with Crippen LogP contribution in [0, 0.1) is 10.8 Å². The molecule has 3 heterocycles. The molecule has 6 aromatic rings. The second kappa shape index (κ2) is 9.37. The van der Waals surface area contributed by atoms with Gasteiger partial charge in [0.2, 0.25) is 16.6 Å². The van der Waals surface area contributed by atoms with Crippen molar-refractivity contribution in [2.24, 2.45) is 10.8 Å². The number of phenolic OH excluding ortho intramolecular Hbond substituents is 6. The summed E-state index contributed by atoms with van der Waals surface area (Å²) in [6.45, 7) is 7.98. The standard InChI is InChI=1S/C37H30O11/c1-14-8-18-27-24(12-25-28(32(27)45)29(42)15-6-5-7-19(38)33(15)47-25)48-35(37(18,4)36(2,3)13-14)17-10-22(41)31(44)34-26(17)30(43)16-9-20(39)21(40)11-23(16)46-34/h5-12,18,35,38-41,44-45H,13H2,1-4H3/t18-,35+,37-/m1/s1. The molecule has 4 aromatic carbocycles. The molecule has 6 N–H and O–H groups in total. The first kappa shape index (κ1) is 29.6. The molecule has 0 unspecified atom stereocenters. The summed E-state index contributed by atoms with van der Waals surface area (Å²) in [4.78, 5) is 28.0. The topological polar surface area (TPSA) is 191 Å². The number of fused-ring (bicyclic) bond motifs is 7. The van der Waals surface area contributed by atoms with Crippen LogP contribution in [0.2, 0.25) is 0 Å². The highest BCUT2D eigenvalue weighted by atomic mass is 16.5. The Morgan fingerprint density at radius 1 is 0.729 bits per heavy atom. The molecular formula is C37H30O11. The molecule has 0 saturated carbocycles. The van der Waals surface area contributed by atoms with E-state index in [9.17, 15) is 40.2 Å². The zero-order chi connectivity index (χ0) is 34.2. The van der Waals surface area contributed by atoms with E-state index in [-0.39, 0.29) is 66.7 Å². The van der Waals surface area contributed by atoms with Gasteiger partial charge in [-0.15, -0.1) is 0 Å². The maximum Gasteiger partial charge on any atom is 0.204 e. The lowest BCUT2D eigenvalue weighted by molar-refractivity contribution is -0.0697. The highest BCUT2D eigenvalue weighted by molar-refractivity contribution is 5.98. The minimum atomic E-state index is -1.04. The lowest BCUT2D eigenvalue weighted by Crippen LogP contribution is -2.51. The third-order valence-corrected chi connectivity index (χ3v) is 10.6. The average molecular weight is 651 g/mol. The molecule has 2 aliphatic rings. The van der Waals surface area contributed by atoms with Crippen LogP contribution >= 0.6 is 0 Å². The Hall–Kier alpha value is -5.84. The van der Waals surface area contributed by atoms with Crippen LogP contribution in [0.3, 0.4) is 0 Å². The summed E-state index contributed by atoms with van der Waals surface area (Å²) in [5, 5.41) is 64.4. The maximum absolute atomic E-state index is 14.2. The number of hydrogen-bond acceptors (Lipinski definition) is 11. The largest absolute Gasteiger partial charge is 0.507 e. The van der Waals surface area contributed by atoms with Gasteiger partial charge in [0.15, 0.2) is 34.2 Å². The van der Waals surface area contributed by atoms with E-state index in [2.05, 4.69) is 0 Å². The Labute approximate surface area is 270 Å². The molecule has 1 aliphatic heterocycles. The molecule has 8 rings (SSSR count). The Morgan fingerprint density at radius 3 is 2.17 bits per heavy atom. The highest BCUT2D eigenvalue weighted by Crippen LogP contribution is 2.68. The normalized spacial score (nSPS) is 21.6. The number of ether oxygens (including phenoxy) is 1. The van der Waals surface area contributed by atoms with E-state index in [4.69, 9.17) is 13.6 Å². The van der Waals surface area contributed by atoms with E-state index in [1.165, 1.54) is 30.3 Å². The Bertz CT molecular complexity index is 2590. The number of allylic oxidation sites excluding steroid dienone is 2. The van der Waals surface area contributed by atoms with Crippen LogP contribution in [-0.4, -0.2) is 30.6 Å². The van der Waals surface area contributed by atoms with Crippen molar-refractivity contribution >= 4 is 43.9 Å². The van der Waals surface area contributed by atoms with Gasteiger partial charge < -0.3 is 44.2 Å². The number of hydrogen-bond donors (Lipinski definition) is 6. The van der Waals surface area contributed by atoms with Gasteiger partial charge in [0.25, 0.3) is 0 Å². The number of rotatable bonds is 1. The molecule has 48 heavy (non-hydrogen) atoms. The predicted octanol–water partition coefficient (Wildman–Crippen LogP) is 7.04. The van der Waals surface area contributed by atoms with Crippen LogP contribution in [0.1, 0.15) is 57.3 Å². The fraction of sp³-hybridized carbons (Fsp3) is 0.243. The molecule has 0 radical (unpaired) electrons. The number of phenols is 6. The van der Waals surface area contributed by atoms with Gasteiger partial charge in [0.05, 0.1) is 16.2 Å². The Morgan fingerprint density at radius 2 is 1.42 bits per heavy atom. The minimum Gasteiger partial charge on any atom is -0.507 e. The maximum atomic E-state index is 14.2. The van der Waals surface area contributed by atoms with Gasteiger partial charge in [-0.25, -0.2) is 0 Å². The lowest BCUT2D eigenvalue weighted by atomic mass is 9.49. The van der Waals surface area contributed by atoms with E-state index in [0.717, 1.165) is 17.7 Å². The van der Waals surface area contributed by atoms with Crippen LogP contribution in [0.25, 0.3) is 43.9 Å². The summed E-state index contributed by atoms with van der Waals surface area (Å²) in [6, 6.07) is 9.21. The van der Waals surface area contributed by atoms with Crippen molar-refractivity contribution < 1.29 is 44.2 Å². The second-order valence-corrected chi connectivity index (χ2v) is 13.7. The van der Waals surface area contributed by atoms with Gasteiger partial charge in [0.1, 0.15) is 34.2 Å². The molecular weight excluding hydrogens is 620 g/mol. The molecule has 1 aliphatic carbocycles. The van der Waals surface area contributed by atoms with Crippen molar-refractivity contribution in [3.05, 3.63) is 85.7 Å². The van der Waals surface area contributed by atoms with Gasteiger partial charge in [-0.3, -0.25) is 9.59 Å². The summed E-state index contributed by atoms with van der Waals surface area (Å²) in [6.07, 6.45) is 1.56. The monoisotopic (exact) mass is 650 g/mol. The van der Waals surface area contributed by atoms with Crippen LogP contribution < -0.4 is 15.6 Å². The summed E-state index contributed by atoms with van der Waals surface area (Å²) in [5.41, 5.74) is -1.82. The van der Waals surface area contributed by atoms with Crippen molar-refractivity contribution in [1.29, 1.82) is 0 Å². The van der Waals surface area contributed by atoms with Crippen molar-refractivity contribution in [2.75, 3.05) is 0 Å². The highest BCUT2D eigenvalue weighted by Gasteiger charge is 2.59. The first-order valence-corrected chi connectivity index (χ1v) is 15.3. The predicted molar refractivity (Wildman–Crippen MR) is 176 cm³/mol. The van der Waals surface area contributed by atoms with Crippen molar-refractivity contribution in [3.63, 3.8) is 0 Å².